The van der Waals surface area contributed by atoms with Gasteiger partial charge >= 0.3 is 6.03 Å². The number of urea groups is 1. The highest BCUT2D eigenvalue weighted by atomic mass is 16.5. The first-order valence-corrected chi connectivity index (χ1v) is 7.06. The zero-order chi connectivity index (χ0) is 14.5. The van der Waals surface area contributed by atoms with Crippen LogP contribution in [0.3, 0.4) is 0 Å². The van der Waals surface area contributed by atoms with Gasteiger partial charge < -0.3 is 20.3 Å². The molecule has 110 valence electrons. The van der Waals surface area contributed by atoms with Crippen molar-refractivity contribution in [2.45, 2.75) is 19.8 Å². The Bertz CT molecular complexity index is 468. The van der Waals surface area contributed by atoms with E-state index in [-0.39, 0.29) is 6.03 Å². The minimum atomic E-state index is -0.0675. The van der Waals surface area contributed by atoms with E-state index in [4.69, 9.17) is 4.74 Å². The number of hydrogen-bond donors (Lipinski definition) is 2. The molecule has 1 aromatic carbocycles. The molecule has 0 aliphatic carbocycles. The fourth-order valence-electron chi connectivity index (χ4n) is 2.23. The van der Waals surface area contributed by atoms with Crippen LogP contribution < -0.4 is 15.4 Å². The van der Waals surface area contributed by atoms with Gasteiger partial charge in [-0.15, -0.1) is 0 Å². The normalized spacial score (nSPS) is 15.3. The van der Waals surface area contributed by atoms with Gasteiger partial charge in [0.15, 0.2) is 0 Å². The maximum atomic E-state index is 12.2. The van der Waals surface area contributed by atoms with Gasteiger partial charge in [-0.1, -0.05) is 19.9 Å². The van der Waals surface area contributed by atoms with Gasteiger partial charge in [0.25, 0.3) is 0 Å². The lowest BCUT2D eigenvalue weighted by Gasteiger charge is -2.27. The number of benzene rings is 1. The Morgan fingerprint density at radius 2 is 2.05 bits per heavy atom. The smallest absolute Gasteiger partial charge is 0.322 e. The maximum absolute atomic E-state index is 12.2. The Labute approximate surface area is 120 Å². The summed E-state index contributed by atoms with van der Waals surface area (Å²) in [6.45, 7) is 7.42. The number of nitrogens with one attached hydrogen (secondary N) is 2. The molecule has 0 spiro atoms. The second kappa shape index (κ2) is 6.61. The third-order valence-electron chi connectivity index (χ3n) is 3.54. The Kier molecular flexibility index (Phi) is 4.84. The average molecular weight is 277 g/mol. The van der Waals surface area contributed by atoms with Crippen LogP contribution in [0.5, 0.6) is 5.75 Å². The van der Waals surface area contributed by atoms with Gasteiger partial charge in [0.1, 0.15) is 5.75 Å². The number of anilines is 1. The number of hydrogen-bond acceptors (Lipinski definition) is 3. The van der Waals surface area contributed by atoms with Crippen molar-refractivity contribution in [3.63, 3.8) is 0 Å². The number of carbonyl (C=O) groups excluding carboxylic acids is 1. The number of carbonyl (C=O) groups is 1. The third kappa shape index (κ3) is 3.42. The molecule has 2 amide bonds. The molecule has 0 radical (unpaired) electrons. The van der Waals surface area contributed by atoms with Gasteiger partial charge in [-0.05, 0) is 23.6 Å². The molecule has 0 aromatic heterocycles. The quantitative estimate of drug-likeness (QED) is 0.891. The lowest BCUT2D eigenvalue weighted by atomic mass is 10.0. The summed E-state index contributed by atoms with van der Waals surface area (Å²) in [5.41, 5.74) is 1.92. The predicted molar refractivity (Wildman–Crippen MR) is 80.5 cm³/mol. The van der Waals surface area contributed by atoms with Crippen molar-refractivity contribution in [3.8, 4) is 5.75 Å². The summed E-state index contributed by atoms with van der Waals surface area (Å²) in [5.74, 6) is 1.14. The van der Waals surface area contributed by atoms with Gasteiger partial charge in [0.2, 0.25) is 0 Å². The monoisotopic (exact) mass is 277 g/mol. The minimum absolute atomic E-state index is 0.0675. The first-order valence-electron chi connectivity index (χ1n) is 7.06. The Morgan fingerprint density at radius 1 is 1.35 bits per heavy atom. The molecule has 1 aliphatic rings. The lowest BCUT2D eigenvalue weighted by molar-refractivity contribution is 0.203. The van der Waals surface area contributed by atoms with Crippen molar-refractivity contribution in [2.24, 2.45) is 0 Å². The molecule has 1 heterocycles. The fraction of sp³-hybridized carbons (Fsp3) is 0.533. The minimum Gasteiger partial charge on any atom is -0.495 e. The van der Waals surface area contributed by atoms with Crippen LogP contribution in [0.2, 0.25) is 0 Å². The molecular formula is C15H23N3O2. The molecule has 2 rings (SSSR count). The summed E-state index contributed by atoms with van der Waals surface area (Å²) >= 11 is 0. The maximum Gasteiger partial charge on any atom is 0.322 e. The van der Waals surface area contributed by atoms with Crippen molar-refractivity contribution >= 4 is 11.7 Å². The predicted octanol–water partition coefficient (Wildman–Crippen LogP) is 2.26. The Hall–Kier alpha value is -1.75. The molecule has 0 unspecified atom stereocenters. The molecule has 5 nitrogen and oxygen atoms in total. The largest absolute Gasteiger partial charge is 0.495 e. The van der Waals surface area contributed by atoms with E-state index < -0.39 is 0 Å². The van der Waals surface area contributed by atoms with E-state index in [0.717, 1.165) is 31.9 Å². The number of amides is 2. The Morgan fingerprint density at radius 3 is 2.65 bits per heavy atom. The SMILES string of the molecule is COc1cc(C(C)C)ccc1NC(=O)N1CCNCC1. The summed E-state index contributed by atoms with van der Waals surface area (Å²) < 4.78 is 5.38. The number of ether oxygens (including phenoxy) is 1. The van der Waals surface area contributed by atoms with Crippen molar-refractivity contribution in [1.82, 2.24) is 10.2 Å². The van der Waals surface area contributed by atoms with Gasteiger partial charge in [0, 0.05) is 26.2 Å². The van der Waals surface area contributed by atoms with Gasteiger partial charge in [-0.2, -0.15) is 0 Å². The summed E-state index contributed by atoms with van der Waals surface area (Å²) in [7, 11) is 1.62. The molecule has 5 heteroatoms. The van der Waals surface area contributed by atoms with E-state index in [1.807, 2.05) is 23.1 Å². The van der Waals surface area contributed by atoms with Gasteiger partial charge in [-0.25, -0.2) is 4.79 Å². The molecular weight excluding hydrogens is 254 g/mol. The van der Waals surface area contributed by atoms with Crippen molar-refractivity contribution in [1.29, 1.82) is 0 Å². The van der Waals surface area contributed by atoms with Crippen LogP contribution in [0.25, 0.3) is 0 Å². The first kappa shape index (κ1) is 14.7. The van der Waals surface area contributed by atoms with E-state index in [2.05, 4.69) is 24.5 Å². The van der Waals surface area contributed by atoms with Gasteiger partial charge in [-0.3, -0.25) is 0 Å². The molecule has 0 saturated carbocycles. The zero-order valence-electron chi connectivity index (χ0n) is 12.4. The van der Waals surface area contributed by atoms with Crippen LogP contribution in [0.15, 0.2) is 18.2 Å². The van der Waals surface area contributed by atoms with Crippen LogP contribution >= 0.6 is 0 Å². The number of piperazine rings is 1. The Balaban J connectivity index is 2.09. The van der Waals surface area contributed by atoms with E-state index in [0.29, 0.717) is 11.7 Å². The average Bonchev–Trinajstić information content (AvgIpc) is 2.48. The number of nitrogens with zero attached hydrogens (tertiary/aromatic N) is 1. The first-order chi connectivity index (χ1) is 9.61. The molecule has 2 N–H and O–H groups in total. The summed E-state index contributed by atoms with van der Waals surface area (Å²) in [6.07, 6.45) is 0. The summed E-state index contributed by atoms with van der Waals surface area (Å²) in [6, 6.07) is 5.86. The van der Waals surface area contributed by atoms with Crippen molar-refractivity contribution in [3.05, 3.63) is 23.8 Å². The highest BCUT2D eigenvalue weighted by Gasteiger charge is 2.17. The summed E-state index contributed by atoms with van der Waals surface area (Å²) in [4.78, 5) is 14.0. The standard InChI is InChI=1S/C15H23N3O2/c1-11(2)12-4-5-13(14(10-12)20-3)17-15(19)18-8-6-16-7-9-18/h4-5,10-11,16H,6-9H2,1-3H3,(H,17,19). The molecule has 1 fully saturated rings. The van der Waals surface area contributed by atoms with Crippen molar-refractivity contribution < 1.29 is 9.53 Å². The highest BCUT2D eigenvalue weighted by Crippen LogP contribution is 2.29. The number of rotatable bonds is 3. The van der Waals surface area contributed by atoms with E-state index in [9.17, 15) is 4.79 Å². The van der Waals surface area contributed by atoms with E-state index in [1.54, 1.807) is 7.11 Å². The van der Waals surface area contributed by atoms with Crippen LogP contribution in [0, 0.1) is 0 Å². The van der Waals surface area contributed by atoms with Crippen LogP contribution in [-0.2, 0) is 0 Å². The third-order valence-corrected chi connectivity index (χ3v) is 3.54. The van der Waals surface area contributed by atoms with Crippen LogP contribution in [0.1, 0.15) is 25.3 Å². The molecule has 1 aromatic rings. The molecule has 1 saturated heterocycles. The zero-order valence-corrected chi connectivity index (χ0v) is 12.4. The lowest BCUT2D eigenvalue weighted by Crippen LogP contribution is -2.48. The second-order valence-corrected chi connectivity index (χ2v) is 5.28. The van der Waals surface area contributed by atoms with E-state index in [1.165, 1.54) is 5.56 Å². The molecule has 0 atom stereocenters. The van der Waals surface area contributed by atoms with Crippen LogP contribution in [-0.4, -0.2) is 44.2 Å². The molecule has 0 bridgehead atoms. The van der Waals surface area contributed by atoms with Crippen molar-refractivity contribution in [2.75, 3.05) is 38.6 Å². The fourth-order valence-corrected chi connectivity index (χ4v) is 2.23. The number of methoxy groups -OCH3 is 1. The molecule has 1 aliphatic heterocycles. The second-order valence-electron chi connectivity index (χ2n) is 5.28. The summed E-state index contributed by atoms with van der Waals surface area (Å²) in [5, 5.41) is 6.16. The highest BCUT2D eigenvalue weighted by molar-refractivity contribution is 5.91. The van der Waals surface area contributed by atoms with Crippen LogP contribution in [0.4, 0.5) is 10.5 Å². The molecule has 20 heavy (non-hydrogen) atoms. The van der Waals surface area contributed by atoms with Gasteiger partial charge in [0.05, 0.1) is 12.8 Å². The topological polar surface area (TPSA) is 53.6 Å². The van der Waals surface area contributed by atoms with E-state index >= 15 is 0 Å².